The van der Waals surface area contributed by atoms with Crippen molar-refractivity contribution in [1.82, 2.24) is 9.78 Å². The molecule has 74 valence electrons. The Kier molecular flexibility index (Phi) is 3.48. The van der Waals surface area contributed by atoms with Crippen molar-refractivity contribution in [2.24, 2.45) is 0 Å². The van der Waals surface area contributed by atoms with Gasteiger partial charge >= 0.3 is 0 Å². The first-order chi connectivity index (χ1) is 6.13. The molecule has 1 rings (SSSR count). The Balaban J connectivity index is 2.58. The van der Waals surface area contributed by atoms with Gasteiger partial charge in [-0.25, -0.2) is 0 Å². The molecule has 1 N–H and O–H groups in total. The maximum absolute atomic E-state index is 9.41. The third kappa shape index (κ3) is 2.84. The standard InChI is InChI=1S/C10H18N2O/c1-4-10(13)7-9-5-6-12(11-9)8(2)3/h5-6,8,10,13H,4,7H2,1-3H3. The van der Waals surface area contributed by atoms with E-state index in [4.69, 9.17) is 0 Å². The van der Waals surface area contributed by atoms with E-state index < -0.39 is 0 Å². The minimum absolute atomic E-state index is 0.254. The zero-order chi connectivity index (χ0) is 9.84. The highest BCUT2D eigenvalue weighted by Crippen LogP contribution is 2.07. The molecule has 0 aliphatic rings. The molecular weight excluding hydrogens is 164 g/mol. The average molecular weight is 182 g/mol. The molecule has 1 aromatic heterocycles. The second kappa shape index (κ2) is 4.42. The molecule has 0 spiro atoms. The van der Waals surface area contributed by atoms with Gasteiger partial charge in [0.15, 0.2) is 0 Å². The Morgan fingerprint density at radius 1 is 1.54 bits per heavy atom. The molecule has 0 fully saturated rings. The lowest BCUT2D eigenvalue weighted by atomic mass is 10.1. The summed E-state index contributed by atoms with van der Waals surface area (Å²) in [6, 6.07) is 2.37. The molecule has 0 saturated heterocycles. The van der Waals surface area contributed by atoms with Gasteiger partial charge in [0.05, 0.1) is 11.8 Å². The lowest BCUT2D eigenvalue weighted by molar-refractivity contribution is 0.169. The van der Waals surface area contributed by atoms with E-state index in [2.05, 4.69) is 18.9 Å². The van der Waals surface area contributed by atoms with Crippen LogP contribution in [0.2, 0.25) is 0 Å². The molecular formula is C10H18N2O. The zero-order valence-corrected chi connectivity index (χ0v) is 8.57. The van der Waals surface area contributed by atoms with Crippen LogP contribution in [-0.2, 0) is 6.42 Å². The highest BCUT2D eigenvalue weighted by Gasteiger charge is 2.06. The predicted octanol–water partition coefficient (Wildman–Crippen LogP) is 1.78. The number of hydrogen-bond acceptors (Lipinski definition) is 2. The van der Waals surface area contributed by atoms with Crippen LogP contribution in [0.1, 0.15) is 38.9 Å². The van der Waals surface area contributed by atoms with Crippen molar-refractivity contribution in [3.8, 4) is 0 Å². The van der Waals surface area contributed by atoms with Gasteiger partial charge in [-0.15, -0.1) is 0 Å². The van der Waals surface area contributed by atoms with Gasteiger partial charge in [-0.3, -0.25) is 4.68 Å². The summed E-state index contributed by atoms with van der Waals surface area (Å²) in [6.45, 7) is 6.16. The summed E-state index contributed by atoms with van der Waals surface area (Å²) in [5.41, 5.74) is 0.975. The van der Waals surface area contributed by atoms with Crippen molar-refractivity contribution in [3.05, 3.63) is 18.0 Å². The maximum Gasteiger partial charge on any atom is 0.0650 e. The summed E-state index contributed by atoms with van der Waals surface area (Å²) in [7, 11) is 0. The van der Waals surface area contributed by atoms with Crippen LogP contribution in [-0.4, -0.2) is 21.0 Å². The SMILES string of the molecule is CCC(O)Cc1ccn(C(C)C)n1. The molecule has 0 radical (unpaired) electrons. The zero-order valence-electron chi connectivity index (χ0n) is 8.57. The fourth-order valence-electron chi connectivity index (χ4n) is 1.16. The van der Waals surface area contributed by atoms with Gasteiger partial charge in [0.25, 0.3) is 0 Å². The molecule has 0 aliphatic heterocycles. The molecule has 0 bridgehead atoms. The number of aliphatic hydroxyl groups excluding tert-OH is 1. The number of aromatic nitrogens is 2. The second-order valence-corrected chi connectivity index (χ2v) is 3.65. The number of aliphatic hydroxyl groups is 1. The fraction of sp³-hybridized carbons (Fsp3) is 0.700. The van der Waals surface area contributed by atoms with Crippen LogP contribution in [0.4, 0.5) is 0 Å². The van der Waals surface area contributed by atoms with Crippen LogP contribution in [0.15, 0.2) is 12.3 Å². The Hall–Kier alpha value is -0.830. The summed E-state index contributed by atoms with van der Waals surface area (Å²) in [5, 5.41) is 13.8. The van der Waals surface area contributed by atoms with Crippen LogP contribution in [0.3, 0.4) is 0 Å². The second-order valence-electron chi connectivity index (χ2n) is 3.65. The van der Waals surface area contributed by atoms with E-state index in [0.29, 0.717) is 12.5 Å². The van der Waals surface area contributed by atoms with Gasteiger partial charge in [-0.2, -0.15) is 5.10 Å². The Morgan fingerprint density at radius 3 is 2.69 bits per heavy atom. The molecule has 1 unspecified atom stereocenters. The number of nitrogens with zero attached hydrogens (tertiary/aromatic N) is 2. The largest absolute Gasteiger partial charge is 0.393 e. The third-order valence-electron chi connectivity index (χ3n) is 2.11. The third-order valence-corrected chi connectivity index (χ3v) is 2.11. The lowest BCUT2D eigenvalue weighted by Crippen LogP contribution is -2.10. The monoisotopic (exact) mass is 182 g/mol. The van der Waals surface area contributed by atoms with Crippen molar-refractivity contribution in [3.63, 3.8) is 0 Å². The Morgan fingerprint density at radius 2 is 2.23 bits per heavy atom. The predicted molar refractivity (Wildman–Crippen MR) is 52.6 cm³/mol. The van der Waals surface area contributed by atoms with Crippen LogP contribution in [0.5, 0.6) is 0 Å². The molecule has 1 atom stereocenters. The number of hydrogen-bond donors (Lipinski definition) is 1. The minimum Gasteiger partial charge on any atom is -0.393 e. The first-order valence-corrected chi connectivity index (χ1v) is 4.85. The van der Waals surface area contributed by atoms with Gasteiger partial charge in [0.1, 0.15) is 0 Å². The van der Waals surface area contributed by atoms with Gasteiger partial charge in [-0.05, 0) is 26.3 Å². The molecule has 0 amide bonds. The molecule has 0 aromatic carbocycles. The van der Waals surface area contributed by atoms with E-state index in [1.54, 1.807) is 0 Å². The smallest absolute Gasteiger partial charge is 0.0650 e. The lowest BCUT2D eigenvalue weighted by Gasteiger charge is -2.05. The van der Waals surface area contributed by atoms with Crippen LogP contribution in [0, 0.1) is 0 Å². The molecule has 1 heterocycles. The van der Waals surface area contributed by atoms with E-state index in [9.17, 15) is 5.11 Å². The molecule has 0 saturated carbocycles. The topological polar surface area (TPSA) is 38.0 Å². The molecule has 0 aliphatic carbocycles. The molecule has 3 nitrogen and oxygen atoms in total. The van der Waals surface area contributed by atoms with Crippen LogP contribution < -0.4 is 0 Å². The van der Waals surface area contributed by atoms with E-state index >= 15 is 0 Å². The van der Waals surface area contributed by atoms with Crippen LogP contribution in [0.25, 0.3) is 0 Å². The normalized spacial score (nSPS) is 13.6. The summed E-state index contributed by atoms with van der Waals surface area (Å²) in [4.78, 5) is 0. The average Bonchev–Trinajstić information content (AvgIpc) is 2.52. The van der Waals surface area contributed by atoms with Gasteiger partial charge in [0, 0.05) is 18.7 Å². The van der Waals surface area contributed by atoms with Crippen LogP contribution >= 0.6 is 0 Å². The van der Waals surface area contributed by atoms with E-state index in [1.807, 2.05) is 23.9 Å². The highest BCUT2D eigenvalue weighted by molar-refractivity contribution is 5.00. The fourth-order valence-corrected chi connectivity index (χ4v) is 1.16. The Labute approximate surface area is 79.4 Å². The van der Waals surface area contributed by atoms with E-state index in [-0.39, 0.29) is 6.10 Å². The molecule has 1 aromatic rings. The van der Waals surface area contributed by atoms with Crippen molar-refractivity contribution in [1.29, 1.82) is 0 Å². The van der Waals surface area contributed by atoms with Gasteiger partial charge < -0.3 is 5.11 Å². The van der Waals surface area contributed by atoms with E-state index in [1.165, 1.54) is 0 Å². The molecule has 3 heteroatoms. The summed E-state index contributed by atoms with van der Waals surface area (Å²) < 4.78 is 1.91. The molecule has 13 heavy (non-hydrogen) atoms. The highest BCUT2D eigenvalue weighted by atomic mass is 16.3. The summed E-state index contributed by atoms with van der Waals surface area (Å²) in [5.74, 6) is 0. The van der Waals surface area contributed by atoms with E-state index in [0.717, 1.165) is 12.1 Å². The minimum atomic E-state index is -0.254. The van der Waals surface area contributed by atoms with Crippen molar-refractivity contribution in [2.45, 2.75) is 45.8 Å². The first-order valence-electron chi connectivity index (χ1n) is 4.85. The van der Waals surface area contributed by atoms with Gasteiger partial charge in [0.2, 0.25) is 0 Å². The van der Waals surface area contributed by atoms with Crippen molar-refractivity contribution in [2.75, 3.05) is 0 Å². The van der Waals surface area contributed by atoms with Gasteiger partial charge in [-0.1, -0.05) is 6.92 Å². The maximum atomic E-state index is 9.41. The van der Waals surface area contributed by atoms with Crippen molar-refractivity contribution < 1.29 is 5.11 Å². The Bertz CT molecular complexity index is 255. The quantitative estimate of drug-likeness (QED) is 0.770. The summed E-state index contributed by atoms with van der Waals surface area (Å²) in [6.07, 6.45) is 3.16. The first kappa shape index (κ1) is 10.3. The van der Waals surface area contributed by atoms with Crippen molar-refractivity contribution >= 4 is 0 Å². The summed E-state index contributed by atoms with van der Waals surface area (Å²) >= 11 is 0. The number of rotatable bonds is 4.